The fraction of sp³-hybridized carbons (Fsp3) is 0.345. The molecule has 3 aromatic rings. The first-order valence-electron chi connectivity index (χ1n) is 11.2. The number of rotatable bonds is 6. The smallest absolute Gasteiger partial charge is 0.508 e. The second-order valence-electron chi connectivity index (χ2n) is 9.25. The van der Waals surface area contributed by atoms with Gasteiger partial charge in [0.25, 0.3) is 0 Å². The van der Waals surface area contributed by atoms with Crippen molar-refractivity contribution in [2.75, 3.05) is 11.4 Å². The van der Waals surface area contributed by atoms with Gasteiger partial charge in [0.15, 0.2) is 0 Å². The Morgan fingerprint density at radius 1 is 0.875 bits per heavy atom. The van der Waals surface area contributed by atoms with Crippen LogP contribution in [0.25, 0.3) is 10.8 Å². The Morgan fingerprint density at radius 2 is 1.50 bits per heavy atom. The monoisotopic (exact) mass is 452 g/mol. The van der Waals surface area contributed by atoms with Gasteiger partial charge in [0, 0.05) is 5.69 Å². The third-order valence-electron chi connectivity index (χ3n) is 6.38. The molecule has 0 unspecified atom stereocenters. The van der Waals surface area contributed by atoms with Crippen LogP contribution in [-0.4, -0.2) is 11.4 Å². The zero-order chi connectivity index (χ0) is 21.4. The number of para-hydroxylation sites is 1. The van der Waals surface area contributed by atoms with Crippen molar-refractivity contribution < 1.29 is 51.4 Å². The van der Waals surface area contributed by atoms with Crippen LogP contribution in [0.5, 0.6) is 0 Å². The average Bonchev–Trinajstić information content (AvgIpc) is 3.36. The van der Waals surface area contributed by atoms with E-state index in [4.69, 9.17) is 0 Å². The predicted molar refractivity (Wildman–Crippen MR) is 136 cm³/mol. The number of hydrogen-bond acceptors (Lipinski definition) is 2. The minimum Gasteiger partial charge on any atom is -0.508 e. The maximum Gasteiger partial charge on any atom is 1.00 e. The summed E-state index contributed by atoms with van der Waals surface area (Å²) in [6, 6.07) is 15.8. The van der Waals surface area contributed by atoms with Crippen LogP contribution < -0.4 is 56.3 Å². The predicted octanol–water partition coefficient (Wildman–Crippen LogP) is 4.83. The Balaban J connectivity index is 0.00000181. The third kappa shape index (κ3) is 5.39. The number of anilines is 1. The summed E-state index contributed by atoms with van der Waals surface area (Å²) in [5, 5.41) is 2.85. The van der Waals surface area contributed by atoms with Crippen LogP contribution in [0, 0.1) is 27.9 Å². The molecule has 0 saturated carbocycles. The van der Waals surface area contributed by atoms with Gasteiger partial charge in [-0.2, -0.15) is 12.2 Å². The van der Waals surface area contributed by atoms with Crippen molar-refractivity contribution in [2.24, 2.45) is 0 Å². The first-order chi connectivity index (χ1) is 14.4. The molecule has 3 heteroatoms. The Hall–Kier alpha value is -0.974. The van der Waals surface area contributed by atoms with Gasteiger partial charge in [0.2, 0.25) is 0 Å². The number of nitrogens with zero attached hydrogens (tertiary/aromatic N) is 2. The summed E-state index contributed by atoms with van der Waals surface area (Å²) in [5.41, 5.74) is 8.38. The Bertz CT molecular complexity index is 1050. The van der Waals surface area contributed by atoms with Crippen molar-refractivity contribution in [3.05, 3.63) is 96.8 Å². The maximum absolute atomic E-state index is 2.32. The molecule has 0 saturated heterocycles. The van der Waals surface area contributed by atoms with Crippen molar-refractivity contribution in [1.29, 1.82) is 0 Å². The van der Waals surface area contributed by atoms with E-state index in [-0.39, 0.29) is 58.8 Å². The molecule has 0 aliphatic carbocycles. The van der Waals surface area contributed by atoms with E-state index in [0.29, 0.717) is 11.8 Å². The minimum atomic E-state index is 0. The zero-order valence-corrected chi connectivity index (χ0v) is 24.4. The molecule has 32 heavy (non-hydrogen) atoms. The van der Waals surface area contributed by atoms with Crippen molar-refractivity contribution in [3.8, 4) is 0 Å². The van der Waals surface area contributed by atoms with Crippen molar-refractivity contribution in [2.45, 2.75) is 59.8 Å². The molecule has 0 atom stereocenters. The van der Waals surface area contributed by atoms with Crippen molar-refractivity contribution in [1.82, 2.24) is 4.90 Å². The van der Waals surface area contributed by atoms with Crippen LogP contribution in [0.15, 0.2) is 54.9 Å². The van der Waals surface area contributed by atoms with E-state index in [0.717, 1.165) is 13.0 Å². The van der Waals surface area contributed by atoms with Crippen LogP contribution in [0.1, 0.15) is 67.3 Å². The first kappa shape index (κ1) is 27.3. The SMILES string of the molecule is Cc1ccc(C)c2c(CCN3C=CN(c4c(C(C)C)cccc4C(C)C)[CH-]3)c[cH-]c12.[CH3-].[K+]. The fourth-order valence-corrected chi connectivity index (χ4v) is 4.67. The molecule has 0 N–H and O–H groups in total. The second-order valence-corrected chi connectivity index (χ2v) is 9.25. The summed E-state index contributed by atoms with van der Waals surface area (Å²) < 4.78 is 0. The molecule has 0 fully saturated rings. The van der Waals surface area contributed by atoms with E-state index < -0.39 is 0 Å². The van der Waals surface area contributed by atoms with E-state index in [2.05, 4.69) is 113 Å². The quantitative estimate of drug-likeness (QED) is 0.390. The first-order valence-corrected chi connectivity index (χ1v) is 11.2. The van der Waals surface area contributed by atoms with Gasteiger partial charge < -0.3 is 17.2 Å². The molecular weight excluding hydrogens is 415 g/mol. The van der Waals surface area contributed by atoms with E-state index in [1.807, 2.05) is 0 Å². The number of benzene rings is 2. The van der Waals surface area contributed by atoms with Gasteiger partial charge in [-0.3, -0.25) is 0 Å². The Labute approximate surface area is 238 Å². The molecule has 1 aliphatic heterocycles. The third-order valence-corrected chi connectivity index (χ3v) is 6.38. The van der Waals surface area contributed by atoms with Gasteiger partial charge in [-0.25, -0.2) is 0 Å². The summed E-state index contributed by atoms with van der Waals surface area (Å²) in [4.78, 5) is 4.65. The number of fused-ring (bicyclic) bond motifs is 1. The summed E-state index contributed by atoms with van der Waals surface area (Å²) >= 11 is 0. The van der Waals surface area contributed by atoms with Gasteiger partial charge in [-0.1, -0.05) is 70.9 Å². The summed E-state index contributed by atoms with van der Waals surface area (Å²) in [5.74, 6) is 0.993. The van der Waals surface area contributed by atoms with Crippen LogP contribution in [-0.2, 0) is 6.42 Å². The van der Waals surface area contributed by atoms with Crippen molar-refractivity contribution in [3.63, 3.8) is 0 Å². The number of aryl methyl sites for hydroxylation is 2. The van der Waals surface area contributed by atoms with E-state index in [1.54, 1.807) is 0 Å². The summed E-state index contributed by atoms with van der Waals surface area (Å²) in [6.07, 6.45) is 5.47. The maximum atomic E-state index is 2.32. The summed E-state index contributed by atoms with van der Waals surface area (Å²) in [6.45, 7) is 16.8. The second kappa shape index (κ2) is 11.4. The standard InChI is InChI=1S/C28H34N2.CH3.K/c1-19(2)24-8-7-9-25(20(3)4)28(24)30-17-16-29(18-30)15-14-23-12-13-26-21(5)10-11-22(6)27(23)26;;/h7-13,16-20H,14-15H2,1-6H3;1H3;/q-2;-1;+1. The molecular formula is C29H37KN2-2. The molecule has 1 aliphatic rings. The van der Waals surface area contributed by atoms with E-state index >= 15 is 0 Å². The fourth-order valence-electron chi connectivity index (χ4n) is 4.67. The Morgan fingerprint density at radius 3 is 2.12 bits per heavy atom. The van der Waals surface area contributed by atoms with Gasteiger partial charge >= 0.3 is 51.4 Å². The molecule has 0 aromatic heterocycles. The van der Waals surface area contributed by atoms with Crippen molar-refractivity contribution >= 4 is 16.5 Å². The Kier molecular flexibility index (Phi) is 9.75. The summed E-state index contributed by atoms with van der Waals surface area (Å²) in [7, 11) is 0. The van der Waals surface area contributed by atoms with Crippen LogP contribution in [0.3, 0.4) is 0 Å². The van der Waals surface area contributed by atoms with Crippen LogP contribution in [0.4, 0.5) is 5.69 Å². The normalized spacial score (nSPS) is 13.2. The van der Waals surface area contributed by atoms with Gasteiger partial charge in [0.05, 0.1) is 0 Å². The number of hydrogen-bond donors (Lipinski definition) is 0. The molecule has 0 radical (unpaired) electrons. The molecule has 4 rings (SSSR count). The topological polar surface area (TPSA) is 6.48 Å². The molecule has 0 amide bonds. The average molecular weight is 453 g/mol. The van der Waals surface area contributed by atoms with E-state index in [1.165, 1.54) is 44.3 Å². The zero-order valence-electron chi connectivity index (χ0n) is 21.2. The van der Waals surface area contributed by atoms with E-state index in [9.17, 15) is 0 Å². The van der Waals surface area contributed by atoms with Crippen LogP contribution in [0.2, 0.25) is 0 Å². The van der Waals surface area contributed by atoms with Crippen LogP contribution >= 0.6 is 0 Å². The molecule has 2 nitrogen and oxygen atoms in total. The molecule has 1 heterocycles. The largest absolute Gasteiger partial charge is 1.00 e. The molecule has 3 aromatic carbocycles. The molecule has 0 spiro atoms. The minimum absolute atomic E-state index is 0. The molecule has 0 bridgehead atoms. The van der Waals surface area contributed by atoms with Gasteiger partial charge in [-0.15, -0.1) is 34.5 Å². The van der Waals surface area contributed by atoms with Gasteiger partial charge in [-0.05, 0) is 48.8 Å². The van der Waals surface area contributed by atoms with Gasteiger partial charge in [0.1, 0.15) is 0 Å². The molecule has 166 valence electrons.